The third-order valence-electron chi connectivity index (χ3n) is 4.15. The van der Waals surface area contributed by atoms with Crippen LogP contribution in [0.15, 0.2) is 48.5 Å². The average Bonchev–Trinajstić information content (AvgIpc) is 2.93. The number of nitrogens with zero attached hydrogens (tertiary/aromatic N) is 1. The number of hydrogen-bond donors (Lipinski definition) is 2. The van der Waals surface area contributed by atoms with Crippen LogP contribution in [0.1, 0.15) is 11.1 Å². The standard InChI is InChI=1S/C19H18N2O4S/c1-21(19(24)25)11-13-3-2-4-15(9-13)14-7-5-12(6-8-14)10-16-17(22)20-18(23)26-16/h2-9,16H,10-11H2,1H3,(H,24,25)(H,20,22,23). The fraction of sp³-hybridized carbons (Fsp3) is 0.211. The van der Waals surface area contributed by atoms with Crippen molar-refractivity contribution in [2.75, 3.05) is 7.05 Å². The summed E-state index contributed by atoms with van der Waals surface area (Å²) < 4.78 is 0. The van der Waals surface area contributed by atoms with E-state index in [2.05, 4.69) is 5.32 Å². The number of imide groups is 1. The lowest BCUT2D eigenvalue weighted by molar-refractivity contribution is -0.118. The molecule has 1 unspecified atom stereocenters. The smallest absolute Gasteiger partial charge is 0.407 e. The number of hydrogen-bond acceptors (Lipinski definition) is 4. The number of nitrogens with one attached hydrogen (secondary N) is 1. The zero-order chi connectivity index (χ0) is 18.7. The molecule has 0 aromatic heterocycles. The molecule has 2 N–H and O–H groups in total. The van der Waals surface area contributed by atoms with Gasteiger partial charge in [0.25, 0.3) is 5.24 Å². The summed E-state index contributed by atoms with van der Waals surface area (Å²) in [6, 6.07) is 15.6. The lowest BCUT2D eigenvalue weighted by Gasteiger charge is -2.14. The van der Waals surface area contributed by atoms with Gasteiger partial charge in [0.1, 0.15) is 0 Å². The topological polar surface area (TPSA) is 86.7 Å². The van der Waals surface area contributed by atoms with Crippen molar-refractivity contribution in [1.29, 1.82) is 0 Å². The normalized spacial score (nSPS) is 16.4. The van der Waals surface area contributed by atoms with Gasteiger partial charge in [0.15, 0.2) is 0 Å². The fourth-order valence-electron chi connectivity index (χ4n) is 2.77. The molecule has 3 amide bonds. The number of carbonyl (C=O) groups is 3. The monoisotopic (exact) mass is 370 g/mol. The molecule has 1 atom stereocenters. The highest BCUT2D eigenvalue weighted by Crippen LogP contribution is 2.25. The number of rotatable bonds is 5. The summed E-state index contributed by atoms with van der Waals surface area (Å²) in [7, 11) is 1.53. The molecule has 134 valence electrons. The van der Waals surface area contributed by atoms with Crippen molar-refractivity contribution in [3.05, 3.63) is 59.7 Å². The molecule has 1 aliphatic heterocycles. The van der Waals surface area contributed by atoms with Crippen LogP contribution in [0.4, 0.5) is 9.59 Å². The lowest BCUT2D eigenvalue weighted by atomic mass is 10.00. The van der Waals surface area contributed by atoms with Gasteiger partial charge in [0.2, 0.25) is 5.91 Å². The first-order chi connectivity index (χ1) is 12.4. The van der Waals surface area contributed by atoms with Crippen molar-refractivity contribution < 1.29 is 19.5 Å². The molecule has 1 heterocycles. The summed E-state index contributed by atoms with van der Waals surface area (Å²) in [5, 5.41) is 10.6. The second kappa shape index (κ2) is 7.61. The zero-order valence-electron chi connectivity index (χ0n) is 14.1. The van der Waals surface area contributed by atoms with Gasteiger partial charge < -0.3 is 10.0 Å². The van der Waals surface area contributed by atoms with Crippen LogP contribution in [0.25, 0.3) is 11.1 Å². The maximum atomic E-state index is 11.7. The van der Waals surface area contributed by atoms with Gasteiger partial charge in [0, 0.05) is 13.6 Å². The summed E-state index contributed by atoms with van der Waals surface area (Å²) in [5.74, 6) is -0.237. The maximum Gasteiger partial charge on any atom is 0.407 e. The predicted octanol–water partition coefficient (Wildman–Crippen LogP) is 3.36. The van der Waals surface area contributed by atoms with Crippen LogP contribution in [0.5, 0.6) is 0 Å². The third kappa shape index (κ3) is 4.23. The molecule has 0 saturated carbocycles. The Morgan fingerprint density at radius 1 is 1.12 bits per heavy atom. The van der Waals surface area contributed by atoms with Crippen LogP contribution in [-0.4, -0.2) is 39.5 Å². The molecule has 0 bridgehead atoms. The highest BCUT2D eigenvalue weighted by molar-refractivity contribution is 8.15. The second-order valence-corrected chi connectivity index (χ2v) is 7.30. The zero-order valence-corrected chi connectivity index (χ0v) is 15.0. The van der Waals surface area contributed by atoms with Crippen LogP contribution < -0.4 is 5.32 Å². The van der Waals surface area contributed by atoms with E-state index in [1.165, 1.54) is 11.9 Å². The molecule has 2 aromatic rings. The van der Waals surface area contributed by atoms with Crippen molar-refractivity contribution in [2.24, 2.45) is 0 Å². The number of carboxylic acid groups (broad SMARTS) is 1. The Morgan fingerprint density at radius 2 is 1.85 bits per heavy atom. The quantitative estimate of drug-likeness (QED) is 0.843. The molecule has 1 saturated heterocycles. The Hall–Kier alpha value is -2.80. The highest BCUT2D eigenvalue weighted by Gasteiger charge is 2.31. The molecule has 2 aromatic carbocycles. The van der Waals surface area contributed by atoms with Crippen molar-refractivity contribution in [3.8, 4) is 11.1 Å². The van der Waals surface area contributed by atoms with Gasteiger partial charge in [-0.15, -0.1) is 0 Å². The Labute approximate surface area is 155 Å². The minimum atomic E-state index is -0.966. The maximum absolute atomic E-state index is 11.7. The number of benzene rings is 2. The minimum absolute atomic E-state index is 0.237. The van der Waals surface area contributed by atoms with Gasteiger partial charge in [-0.1, -0.05) is 54.2 Å². The van der Waals surface area contributed by atoms with Crippen molar-refractivity contribution in [1.82, 2.24) is 10.2 Å². The van der Waals surface area contributed by atoms with Gasteiger partial charge in [-0.25, -0.2) is 4.79 Å². The molecular formula is C19H18N2O4S. The SMILES string of the molecule is CN(Cc1cccc(-c2ccc(CC3SC(=O)NC3=O)cc2)c1)C(=O)O. The van der Waals surface area contributed by atoms with Gasteiger partial charge in [-0.2, -0.15) is 0 Å². The Morgan fingerprint density at radius 3 is 2.46 bits per heavy atom. The number of thioether (sulfide) groups is 1. The van der Waals surface area contributed by atoms with Gasteiger partial charge in [-0.3, -0.25) is 14.9 Å². The van der Waals surface area contributed by atoms with Crippen LogP contribution in [0.2, 0.25) is 0 Å². The largest absolute Gasteiger partial charge is 0.465 e. The van der Waals surface area contributed by atoms with E-state index in [-0.39, 0.29) is 16.4 Å². The highest BCUT2D eigenvalue weighted by atomic mass is 32.2. The van der Waals surface area contributed by atoms with Crippen molar-refractivity contribution in [3.63, 3.8) is 0 Å². The van der Waals surface area contributed by atoms with Gasteiger partial charge in [-0.05, 0) is 34.7 Å². The van der Waals surface area contributed by atoms with Crippen molar-refractivity contribution in [2.45, 2.75) is 18.2 Å². The van der Waals surface area contributed by atoms with Crippen LogP contribution >= 0.6 is 11.8 Å². The molecule has 0 aliphatic carbocycles. The number of amides is 3. The molecule has 6 nitrogen and oxygen atoms in total. The van der Waals surface area contributed by atoms with Crippen LogP contribution in [0.3, 0.4) is 0 Å². The molecule has 7 heteroatoms. The molecule has 0 spiro atoms. The minimum Gasteiger partial charge on any atom is -0.465 e. The average molecular weight is 370 g/mol. The van der Waals surface area contributed by atoms with Crippen LogP contribution in [-0.2, 0) is 17.8 Å². The van der Waals surface area contributed by atoms with E-state index >= 15 is 0 Å². The molecule has 26 heavy (non-hydrogen) atoms. The van der Waals surface area contributed by atoms with Gasteiger partial charge in [0.05, 0.1) is 5.25 Å². The Balaban J connectivity index is 1.71. The van der Waals surface area contributed by atoms with E-state index in [4.69, 9.17) is 5.11 Å². The summed E-state index contributed by atoms with van der Waals surface area (Å²) in [5.41, 5.74) is 3.90. The Kier molecular flexibility index (Phi) is 5.27. The van der Waals surface area contributed by atoms with E-state index < -0.39 is 6.09 Å². The lowest BCUT2D eigenvalue weighted by Crippen LogP contribution is -2.25. The van der Waals surface area contributed by atoms with E-state index in [0.29, 0.717) is 13.0 Å². The van der Waals surface area contributed by atoms with E-state index in [1.54, 1.807) is 0 Å². The van der Waals surface area contributed by atoms with Crippen LogP contribution in [0, 0.1) is 0 Å². The molecule has 1 aliphatic rings. The molecule has 1 fully saturated rings. The third-order valence-corrected chi connectivity index (χ3v) is 5.13. The summed E-state index contributed by atoms with van der Waals surface area (Å²) in [4.78, 5) is 35.1. The second-order valence-electron chi connectivity index (χ2n) is 6.12. The van der Waals surface area contributed by atoms with E-state index in [9.17, 15) is 14.4 Å². The predicted molar refractivity (Wildman–Crippen MR) is 100.0 cm³/mol. The molecule has 0 radical (unpaired) electrons. The van der Waals surface area contributed by atoms with Crippen molar-refractivity contribution >= 4 is 29.0 Å². The molecular weight excluding hydrogens is 352 g/mol. The Bertz CT molecular complexity index is 851. The summed E-state index contributed by atoms with van der Waals surface area (Å²) >= 11 is 1.03. The summed E-state index contributed by atoms with van der Waals surface area (Å²) in [6.07, 6.45) is -0.460. The van der Waals surface area contributed by atoms with Gasteiger partial charge >= 0.3 is 6.09 Å². The van der Waals surface area contributed by atoms with E-state index in [0.717, 1.165) is 34.0 Å². The first-order valence-electron chi connectivity index (χ1n) is 8.06. The first kappa shape index (κ1) is 18.0. The number of carbonyl (C=O) groups excluding carboxylic acids is 2. The van der Waals surface area contributed by atoms with E-state index in [1.807, 2.05) is 48.5 Å². The molecule has 3 rings (SSSR count). The first-order valence-corrected chi connectivity index (χ1v) is 8.94. The fourth-order valence-corrected chi connectivity index (χ4v) is 3.63. The summed E-state index contributed by atoms with van der Waals surface area (Å²) in [6.45, 7) is 0.323.